The Morgan fingerprint density at radius 1 is 1.70 bits per heavy atom. The minimum absolute atomic E-state index is 0.397. The van der Waals surface area contributed by atoms with Gasteiger partial charge in [0, 0.05) is 6.54 Å². The van der Waals surface area contributed by atoms with Crippen LogP contribution in [-0.4, -0.2) is 36.7 Å². The van der Waals surface area contributed by atoms with Crippen LogP contribution in [0.5, 0.6) is 0 Å². The molecule has 2 aliphatic rings. The quantitative estimate of drug-likeness (QED) is 0.451. The molecular weight excluding hydrogens is 128 g/mol. The highest BCUT2D eigenvalue weighted by atomic mass is 15.4. The Balaban J connectivity index is 2.08. The van der Waals surface area contributed by atoms with Crippen molar-refractivity contribution in [2.75, 3.05) is 19.6 Å². The molecule has 1 atom stereocenters. The van der Waals surface area contributed by atoms with E-state index >= 15 is 0 Å². The van der Waals surface area contributed by atoms with Crippen molar-refractivity contribution in [3.05, 3.63) is 0 Å². The molecule has 0 amide bonds. The molecule has 3 N–H and O–H groups in total. The van der Waals surface area contributed by atoms with E-state index in [4.69, 9.17) is 5.73 Å². The van der Waals surface area contributed by atoms with Crippen LogP contribution in [0.1, 0.15) is 6.42 Å². The number of nitrogens with one attached hydrogen (secondary N) is 1. The van der Waals surface area contributed by atoms with Crippen LogP contribution in [0.15, 0.2) is 4.99 Å². The molecule has 2 heterocycles. The number of guanidine groups is 1. The number of hydrogen-bond acceptors (Lipinski definition) is 4. The van der Waals surface area contributed by atoms with E-state index in [-0.39, 0.29) is 0 Å². The lowest BCUT2D eigenvalue weighted by Gasteiger charge is -2.31. The second kappa shape index (κ2) is 2.12. The first-order valence-corrected chi connectivity index (χ1v) is 3.68. The zero-order valence-corrected chi connectivity index (χ0v) is 5.88. The smallest absolute Gasteiger partial charge is 0.192 e. The van der Waals surface area contributed by atoms with Crippen molar-refractivity contribution in [1.29, 1.82) is 0 Å². The average Bonchev–Trinajstić information content (AvgIpc) is 2.34. The zero-order valence-electron chi connectivity index (χ0n) is 5.88. The highest BCUT2D eigenvalue weighted by molar-refractivity contribution is 5.80. The molecule has 2 aliphatic heterocycles. The predicted octanol–water partition coefficient (Wildman–Crippen LogP) is -1.06. The maximum absolute atomic E-state index is 5.63. The van der Waals surface area contributed by atoms with Crippen LogP contribution in [0.4, 0.5) is 0 Å². The van der Waals surface area contributed by atoms with Crippen molar-refractivity contribution in [3.63, 3.8) is 0 Å². The van der Waals surface area contributed by atoms with Crippen LogP contribution >= 0.6 is 0 Å². The molecule has 0 spiro atoms. The fourth-order valence-corrected chi connectivity index (χ4v) is 1.49. The third kappa shape index (κ3) is 0.759. The number of fused-ring (bicyclic) bond motifs is 1. The molecule has 0 radical (unpaired) electrons. The summed E-state index contributed by atoms with van der Waals surface area (Å²) in [5, 5.41) is 3.34. The van der Waals surface area contributed by atoms with Crippen LogP contribution in [0, 0.1) is 0 Å². The van der Waals surface area contributed by atoms with Crippen molar-refractivity contribution in [1.82, 2.24) is 10.2 Å². The first kappa shape index (κ1) is 5.97. The first-order chi connectivity index (χ1) is 4.88. The van der Waals surface area contributed by atoms with Gasteiger partial charge in [0.05, 0.1) is 6.54 Å². The molecule has 0 aromatic rings. The van der Waals surface area contributed by atoms with Crippen LogP contribution in [0.3, 0.4) is 0 Å². The molecule has 1 unspecified atom stereocenters. The van der Waals surface area contributed by atoms with Crippen LogP contribution < -0.4 is 11.1 Å². The molecule has 4 nitrogen and oxygen atoms in total. The normalized spacial score (nSPS) is 31.8. The molecule has 2 rings (SSSR count). The van der Waals surface area contributed by atoms with Crippen LogP contribution in [0.25, 0.3) is 0 Å². The van der Waals surface area contributed by atoms with Gasteiger partial charge < -0.3 is 10.6 Å². The minimum Gasteiger partial charge on any atom is -0.370 e. The van der Waals surface area contributed by atoms with E-state index in [1.807, 2.05) is 0 Å². The van der Waals surface area contributed by atoms with E-state index in [9.17, 15) is 0 Å². The molecule has 1 saturated heterocycles. The zero-order chi connectivity index (χ0) is 6.97. The van der Waals surface area contributed by atoms with E-state index in [0.717, 1.165) is 19.6 Å². The van der Waals surface area contributed by atoms with E-state index in [0.29, 0.717) is 12.1 Å². The van der Waals surface area contributed by atoms with Gasteiger partial charge >= 0.3 is 0 Å². The van der Waals surface area contributed by atoms with Gasteiger partial charge in [0.1, 0.15) is 6.17 Å². The summed E-state index contributed by atoms with van der Waals surface area (Å²) >= 11 is 0. The minimum atomic E-state index is 0.397. The van der Waals surface area contributed by atoms with Gasteiger partial charge in [0.2, 0.25) is 0 Å². The maximum Gasteiger partial charge on any atom is 0.192 e. The molecule has 4 heteroatoms. The lowest BCUT2D eigenvalue weighted by atomic mass is 10.3. The summed E-state index contributed by atoms with van der Waals surface area (Å²) in [6.07, 6.45) is 1.57. The van der Waals surface area contributed by atoms with E-state index in [1.54, 1.807) is 0 Å². The predicted molar refractivity (Wildman–Crippen MR) is 39.6 cm³/mol. The van der Waals surface area contributed by atoms with Gasteiger partial charge in [0.25, 0.3) is 0 Å². The van der Waals surface area contributed by atoms with Gasteiger partial charge in [-0.05, 0) is 13.0 Å². The highest BCUT2D eigenvalue weighted by Crippen LogP contribution is 2.09. The number of nitrogens with two attached hydrogens (primary N) is 1. The second-order valence-corrected chi connectivity index (χ2v) is 2.72. The maximum atomic E-state index is 5.63. The Labute approximate surface area is 60.1 Å². The largest absolute Gasteiger partial charge is 0.370 e. The van der Waals surface area contributed by atoms with E-state index < -0.39 is 0 Å². The lowest BCUT2D eigenvalue weighted by Crippen LogP contribution is -2.53. The summed E-state index contributed by atoms with van der Waals surface area (Å²) < 4.78 is 0. The number of hydrogen-bond donors (Lipinski definition) is 2. The molecule has 56 valence electrons. The summed E-state index contributed by atoms with van der Waals surface area (Å²) in [5.74, 6) is 0.706. The van der Waals surface area contributed by atoms with Crippen molar-refractivity contribution in [2.24, 2.45) is 10.7 Å². The van der Waals surface area contributed by atoms with Gasteiger partial charge in [-0.2, -0.15) is 0 Å². The van der Waals surface area contributed by atoms with Gasteiger partial charge in [-0.25, -0.2) is 4.99 Å². The summed E-state index contributed by atoms with van der Waals surface area (Å²) in [4.78, 5) is 6.27. The fraction of sp³-hybridized carbons (Fsp3) is 0.833. The van der Waals surface area contributed by atoms with Gasteiger partial charge in [0.15, 0.2) is 5.96 Å². The van der Waals surface area contributed by atoms with Crippen LogP contribution in [-0.2, 0) is 0 Å². The molecule has 0 bridgehead atoms. The summed E-state index contributed by atoms with van der Waals surface area (Å²) in [7, 11) is 0. The molecule has 0 aliphatic carbocycles. The Kier molecular flexibility index (Phi) is 1.27. The number of nitrogens with zero attached hydrogens (tertiary/aromatic N) is 2. The second-order valence-electron chi connectivity index (χ2n) is 2.72. The highest BCUT2D eigenvalue weighted by Gasteiger charge is 2.27. The van der Waals surface area contributed by atoms with E-state index in [2.05, 4.69) is 15.2 Å². The van der Waals surface area contributed by atoms with Gasteiger partial charge in [-0.3, -0.25) is 5.32 Å². The Morgan fingerprint density at radius 3 is 3.40 bits per heavy atom. The summed E-state index contributed by atoms with van der Waals surface area (Å²) in [6.45, 7) is 2.99. The fourth-order valence-electron chi connectivity index (χ4n) is 1.49. The molecular formula is C6H12N4. The summed E-state index contributed by atoms with van der Waals surface area (Å²) in [6, 6.07) is 0. The Hall–Kier alpha value is -0.770. The van der Waals surface area contributed by atoms with Crippen molar-refractivity contribution >= 4 is 5.96 Å². The number of aliphatic imine (C=N–C) groups is 1. The van der Waals surface area contributed by atoms with Crippen molar-refractivity contribution in [2.45, 2.75) is 12.6 Å². The van der Waals surface area contributed by atoms with Gasteiger partial charge in [-0.1, -0.05) is 0 Å². The van der Waals surface area contributed by atoms with E-state index in [1.165, 1.54) is 6.42 Å². The average molecular weight is 140 g/mol. The third-order valence-corrected chi connectivity index (χ3v) is 2.05. The van der Waals surface area contributed by atoms with Crippen molar-refractivity contribution in [3.8, 4) is 0 Å². The third-order valence-electron chi connectivity index (χ3n) is 2.05. The topological polar surface area (TPSA) is 53.6 Å². The number of rotatable bonds is 0. The Morgan fingerprint density at radius 2 is 2.60 bits per heavy atom. The monoisotopic (exact) mass is 140 g/mol. The molecule has 0 saturated carbocycles. The molecule has 10 heavy (non-hydrogen) atoms. The first-order valence-electron chi connectivity index (χ1n) is 3.68. The van der Waals surface area contributed by atoms with Crippen molar-refractivity contribution < 1.29 is 0 Å². The molecule has 1 fully saturated rings. The summed E-state index contributed by atoms with van der Waals surface area (Å²) in [5.41, 5.74) is 5.63. The van der Waals surface area contributed by atoms with Gasteiger partial charge in [-0.15, -0.1) is 0 Å². The standard InChI is InChI=1S/C6H12N4/c7-6-9-4-5-8-2-1-3-10(5)6/h5,8H,1-4H2,(H2,7,9). The molecule has 0 aromatic carbocycles. The van der Waals surface area contributed by atoms with Crippen LogP contribution in [0.2, 0.25) is 0 Å². The Bertz CT molecular complexity index is 165. The SMILES string of the molecule is NC1=NCC2NCCCN12. The lowest BCUT2D eigenvalue weighted by molar-refractivity contribution is 0.244. The molecule has 0 aromatic heterocycles.